The largest absolute Gasteiger partial charge is 0.0995 e. The van der Waals surface area contributed by atoms with Crippen molar-refractivity contribution < 1.29 is 0 Å². The van der Waals surface area contributed by atoms with E-state index in [1.54, 1.807) is 21.7 Å². The topological polar surface area (TPSA) is 0 Å². The molecule has 0 N–H and O–H groups in total. The molecule has 0 amide bonds. The molecular formula is C23H24P+. The van der Waals surface area contributed by atoms with Gasteiger partial charge in [0.15, 0.2) is 0 Å². The van der Waals surface area contributed by atoms with Gasteiger partial charge in [-0.15, -0.1) is 0 Å². The Bertz CT molecular complexity index is 782. The van der Waals surface area contributed by atoms with E-state index in [1.165, 1.54) is 30.7 Å². The van der Waals surface area contributed by atoms with Gasteiger partial charge < -0.3 is 0 Å². The lowest BCUT2D eigenvalue weighted by molar-refractivity contribution is 0.930. The third-order valence-electron chi connectivity index (χ3n) is 5.29. The fraction of sp³-hybridized carbons (Fsp3) is 0.217. The minimum atomic E-state index is -1.39. The smallest absolute Gasteiger partial charge is 0.0620 e. The standard InChI is InChI=1S/C23H24P/c1-19-14-15-20-9-8-16-24(18-21(20)17-19,22-10-4-2-5-11-22)23-12-6-3-7-13-23/h2-7,10-15,17H,8-9,16,18H2,1H3/q+1. The maximum absolute atomic E-state index is 2.43. The van der Waals surface area contributed by atoms with Gasteiger partial charge in [-0.2, -0.15) is 0 Å². The minimum Gasteiger partial charge on any atom is -0.0620 e. The summed E-state index contributed by atoms with van der Waals surface area (Å²) in [6.07, 6.45) is 5.03. The first kappa shape index (κ1) is 15.6. The molecule has 0 atom stereocenters. The van der Waals surface area contributed by atoms with Crippen LogP contribution in [-0.2, 0) is 12.6 Å². The van der Waals surface area contributed by atoms with Crippen LogP contribution in [0.15, 0.2) is 78.9 Å². The van der Waals surface area contributed by atoms with Crippen molar-refractivity contribution in [2.45, 2.75) is 25.9 Å². The Kier molecular flexibility index (Phi) is 4.25. The van der Waals surface area contributed by atoms with E-state index in [0.717, 1.165) is 0 Å². The van der Waals surface area contributed by atoms with Crippen LogP contribution in [0.5, 0.6) is 0 Å². The summed E-state index contributed by atoms with van der Waals surface area (Å²) < 4.78 is 0. The van der Waals surface area contributed by atoms with Crippen LogP contribution in [0.25, 0.3) is 0 Å². The summed E-state index contributed by atoms with van der Waals surface area (Å²) in [5.74, 6) is 0. The molecule has 0 saturated heterocycles. The van der Waals surface area contributed by atoms with Gasteiger partial charge in [-0.3, -0.25) is 0 Å². The van der Waals surface area contributed by atoms with Gasteiger partial charge in [0.1, 0.15) is 0 Å². The maximum Gasteiger partial charge on any atom is 0.0995 e. The Morgan fingerprint density at radius 3 is 1.96 bits per heavy atom. The molecule has 1 aliphatic rings. The van der Waals surface area contributed by atoms with E-state index < -0.39 is 7.26 Å². The first-order valence-corrected chi connectivity index (χ1v) is 11.0. The van der Waals surface area contributed by atoms with E-state index in [9.17, 15) is 0 Å². The van der Waals surface area contributed by atoms with Crippen LogP contribution >= 0.6 is 7.26 Å². The van der Waals surface area contributed by atoms with Crippen LogP contribution < -0.4 is 10.6 Å². The first-order chi connectivity index (χ1) is 11.8. The van der Waals surface area contributed by atoms with E-state index in [0.29, 0.717) is 0 Å². The van der Waals surface area contributed by atoms with Crippen LogP contribution in [0.4, 0.5) is 0 Å². The number of benzene rings is 3. The third kappa shape index (κ3) is 2.80. The lowest BCUT2D eigenvalue weighted by Gasteiger charge is -2.26. The van der Waals surface area contributed by atoms with E-state index in [2.05, 4.69) is 85.8 Å². The average molecular weight is 331 g/mol. The molecule has 3 aromatic rings. The molecule has 120 valence electrons. The molecule has 0 unspecified atom stereocenters. The Balaban J connectivity index is 1.91. The summed E-state index contributed by atoms with van der Waals surface area (Å²) in [7, 11) is -1.39. The zero-order chi connectivity index (χ0) is 16.4. The van der Waals surface area contributed by atoms with Crippen LogP contribution in [-0.4, -0.2) is 6.16 Å². The summed E-state index contributed by atoms with van der Waals surface area (Å²) in [5, 5.41) is 3.12. The van der Waals surface area contributed by atoms with Crippen LogP contribution in [0, 0.1) is 6.92 Å². The lowest BCUT2D eigenvalue weighted by atomic mass is 10.0. The summed E-state index contributed by atoms with van der Waals surface area (Å²) in [6, 6.07) is 29.6. The van der Waals surface area contributed by atoms with Gasteiger partial charge >= 0.3 is 0 Å². The fourth-order valence-corrected chi connectivity index (χ4v) is 8.47. The minimum absolute atomic E-state index is 1.21. The molecule has 1 heteroatoms. The number of hydrogen-bond donors (Lipinski definition) is 0. The van der Waals surface area contributed by atoms with Crippen LogP contribution in [0.2, 0.25) is 0 Å². The van der Waals surface area contributed by atoms with Crippen molar-refractivity contribution in [2.24, 2.45) is 0 Å². The Hall–Kier alpha value is -1.91. The molecule has 0 aliphatic carbocycles. The maximum atomic E-state index is 2.43. The van der Waals surface area contributed by atoms with Crippen molar-refractivity contribution >= 4 is 17.9 Å². The van der Waals surface area contributed by atoms with Crippen LogP contribution in [0.1, 0.15) is 23.1 Å². The Labute approximate surface area is 145 Å². The van der Waals surface area contributed by atoms with Gasteiger partial charge in [-0.05, 0) is 55.2 Å². The van der Waals surface area contributed by atoms with Gasteiger partial charge in [-0.25, -0.2) is 0 Å². The van der Waals surface area contributed by atoms with Crippen molar-refractivity contribution in [1.82, 2.24) is 0 Å². The van der Waals surface area contributed by atoms with Gasteiger partial charge in [-0.1, -0.05) is 60.2 Å². The monoisotopic (exact) mass is 331 g/mol. The molecule has 0 nitrogen and oxygen atoms in total. The molecule has 0 spiro atoms. The SMILES string of the molecule is Cc1ccc2c(c1)C[P+](c1ccccc1)(c1ccccc1)CCC2. The number of hydrogen-bond acceptors (Lipinski definition) is 0. The fourth-order valence-electron chi connectivity index (χ4n) is 4.07. The quantitative estimate of drug-likeness (QED) is 0.573. The van der Waals surface area contributed by atoms with Crippen molar-refractivity contribution in [2.75, 3.05) is 6.16 Å². The zero-order valence-electron chi connectivity index (χ0n) is 14.3. The predicted molar refractivity (Wildman–Crippen MR) is 107 cm³/mol. The summed E-state index contributed by atoms with van der Waals surface area (Å²) >= 11 is 0. The second-order valence-corrected chi connectivity index (χ2v) is 10.6. The molecule has 0 bridgehead atoms. The molecule has 1 heterocycles. The molecule has 3 aromatic carbocycles. The van der Waals surface area contributed by atoms with E-state index in [-0.39, 0.29) is 0 Å². The molecule has 24 heavy (non-hydrogen) atoms. The van der Waals surface area contributed by atoms with E-state index >= 15 is 0 Å². The third-order valence-corrected chi connectivity index (χ3v) is 9.82. The van der Waals surface area contributed by atoms with Crippen LogP contribution in [0.3, 0.4) is 0 Å². The summed E-state index contributed by atoms with van der Waals surface area (Å²) in [6.45, 7) is 2.22. The van der Waals surface area contributed by atoms with E-state index in [4.69, 9.17) is 0 Å². The molecule has 1 aliphatic heterocycles. The number of fused-ring (bicyclic) bond motifs is 1. The van der Waals surface area contributed by atoms with Crippen molar-refractivity contribution in [3.8, 4) is 0 Å². The predicted octanol–water partition coefficient (Wildman–Crippen LogP) is 5.11. The normalized spacial score (nSPS) is 16.2. The summed E-state index contributed by atoms with van der Waals surface area (Å²) in [5.41, 5.74) is 4.53. The van der Waals surface area contributed by atoms with E-state index in [1.807, 2.05) is 0 Å². The van der Waals surface area contributed by atoms with Gasteiger partial charge in [0, 0.05) is 0 Å². The Morgan fingerprint density at radius 2 is 1.33 bits per heavy atom. The van der Waals surface area contributed by atoms with Crippen molar-refractivity contribution in [3.63, 3.8) is 0 Å². The van der Waals surface area contributed by atoms with Gasteiger partial charge in [0.05, 0.1) is 30.2 Å². The molecule has 0 saturated carbocycles. The Morgan fingerprint density at radius 1 is 0.708 bits per heavy atom. The molecule has 0 radical (unpaired) electrons. The lowest BCUT2D eigenvalue weighted by Crippen LogP contribution is -2.26. The number of aryl methyl sites for hydroxylation is 2. The highest BCUT2D eigenvalue weighted by Crippen LogP contribution is 2.61. The average Bonchev–Trinajstić information content (AvgIpc) is 2.83. The zero-order valence-corrected chi connectivity index (χ0v) is 15.2. The second kappa shape index (κ2) is 6.54. The van der Waals surface area contributed by atoms with Crippen molar-refractivity contribution in [3.05, 3.63) is 95.6 Å². The highest BCUT2D eigenvalue weighted by molar-refractivity contribution is 7.88. The van der Waals surface area contributed by atoms with Crippen molar-refractivity contribution in [1.29, 1.82) is 0 Å². The molecule has 4 rings (SSSR count). The number of rotatable bonds is 2. The highest BCUT2D eigenvalue weighted by Gasteiger charge is 2.44. The van der Waals surface area contributed by atoms with Gasteiger partial charge in [0.25, 0.3) is 0 Å². The van der Waals surface area contributed by atoms with Gasteiger partial charge in [0.2, 0.25) is 0 Å². The molecule has 0 aromatic heterocycles. The summed E-state index contributed by atoms with van der Waals surface area (Å²) in [4.78, 5) is 0. The molecular weight excluding hydrogens is 307 g/mol. The highest BCUT2D eigenvalue weighted by atomic mass is 31.2. The first-order valence-electron chi connectivity index (χ1n) is 8.85. The molecule has 0 fully saturated rings. The second-order valence-electron chi connectivity index (χ2n) is 6.90.